The van der Waals surface area contributed by atoms with Gasteiger partial charge in [0.25, 0.3) is 0 Å². The molecule has 0 bridgehead atoms. The zero-order valence-electron chi connectivity index (χ0n) is 11.4. The minimum Gasteiger partial charge on any atom is -0.371 e. The third kappa shape index (κ3) is 2.85. The molecule has 1 aliphatic rings. The van der Waals surface area contributed by atoms with Gasteiger partial charge in [0.1, 0.15) is 0 Å². The highest BCUT2D eigenvalue weighted by Crippen LogP contribution is 2.31. The van der Waals surface area contributed by atoms with Crippen molar-refractivity contribution in [3.05, 3.63) is 29.8 Å². The van der Waals surface area contributed by atoms with E-state index in [0.29, 0.717) is 11.8 Å². The molecule has 2 heteroatoms. The van der Waals surface area contributed by atoms with Crippen LogP contribution in [0.15, 0.2) is 24.3 Å². The number of benzene rings is 1. The SMILES string of the molecule is CC(C)c1ccccc1N1CCC(CC#N)CC1. The summed E-state index contributed by atoms with van der Waals surface area (Å²) >= 11 is 0. The van der Waals surface area contributed by atoms with E-state index in [1.165, 1.54) is 11.3 Å². The first-order chi connectivity index (χ1) is 8.72. The lowest BCUT2D eigenvalue weighted by Crippen LogP contribution is -2.34. The zero-order chi connectivity index (χ0) is 13.0. The van der Waals surface area contributed by atoms with Gasteiger partial charge in [0.15, 0.2) is 0 Å². The standard InChI is InChI=1S/C16H22N2/c1-13(2)15-5-3-4-6-16(15)18-11-8-14(7-10-17)9-12-18/h3-6,13-14H,7-9,11-12H2,1-2H3. The Labute approximate surface area is 110 Å². The zero-order valence-corrected chi connectivity index (χ0v) is 11.4. The Balaban J connectivity index is 2.08. The fourth-order valence-electron chi connectivity index (χ4n) is 2.77. The van der Waals surface area contributed by atoms with Crippen LogP contribution in [-0.4, -0.2) is 13.1 Å². The van der Waals surface area contributed by atoms with Crippen LogP contribution in [0.1, 0.15) is 44.6 Å². The molecule has 1 aromatic rings. The number of anilines is 1. The van der Waals surface area contributed by atoms with Gasteiger partial charge >= 0.3 is 0 Å². The molecule has 1 aromatic carbocycles. The highest BCUT2D eigenvalue weighted by Gasteiger charge is 2.21. The van der Waals surface area contributed by atoms with Crippen LogP contribution in [0.4, 0.5) is 5.69 Å². The van der Waals surface area contributed by atoms with Crippen molar-refractivity contribution in [2.45, 2.75) is 39.0 Å². The Kier molecular flexibility index (Phi) is 4.25. The number of hydrogen-bond acceptors (Lipinski definition) is 2. The third-order valence-corrected chi connectivity index (χ3v) is 3.89. The molecule has 0 radical (unpaired) electrons. The second-order valence-electron chi connectivity index (χ2n) is 5.51. The molecule has 1 saturated heterocycles. The van der Waals surface area contributed by atoms with Crippen LogP contribution in [0.2, 0.25) is 0 Å². The number of nitrogens with zero attached hydrogens (tertiary/aromatic N) is 2. The van der Waals surface area contributed by atoms with E-state index in [9.17, 15) is 0 Å². The second-order valence-corrected chi connectivity index (χ2v) is 5.51. The lowest BCUT2D eigenvalue weighted by atomic mass is 9.92. The largest absolute Gasteiger partial charge is 0.371 e. The number of piperidine rings is 1. The summed E-state index contributed by atoms with van der Waals surface area (Å²) in [6, 6.07) is 11.0. The molecule has 0 aromatic heterocycles. The van der Waals surface area contributed by atoms with Gasteiger partial charge in [-0.25, -0.2) is 0 Å². The maximum absolute atomic E-state index is 8.75. The van der Waals surface area contributed by atoms with Gasteiger partial charge in [-0.3, -0.25) is 0 Å². The highest BCUT2D eigenvalue weighted by molar-refractivity contribution is 5.55. The van der Waals surface area contributed by atoms with E-state index in [1.807, 2.05) is 0 Å². The van der Waals surface area contributed by atoms with Gasteiger partial charge in [-0.05, 0) is 36.3 Å². The first-order valence-corrected chi connectivity index (χ1v) is 6.93. The van der Waals surface area contributed by atoms with Crippen LogP contribution in [-0.2, 0) is 0 Å². The molecule has 0 spiro atoms. The smallest absolute Gasteiger partial charge is 0.0624 e. The maximum Gasteiger partial charge on any atom is 0.0624 e. The van der Waals surface area contributed by atoms with Gasteiger partial charge in [0.05, 0.1) is 6.07 Å². The molecule has 1 heterocycles. The minimum atomic E-state index is 0.568. The van der Waals surface area contributed by atoms with Crippen molar-refractivity contribution < 1.29 is 0 Å². The number of para-hydroxylation sites is 1. The van der Waals surface area contributed by atoms with Crippen molar-refractivity contribution in [3.8, 4) is 6.07 Å². The van der Waals surface area contributed by atoms with Crippen LogP contribution in [0.25, 0.3) is 0 Å². The monoisotopic (exact) mass is 242 g/mol. The molecule has 0 N–H and O–H groups in total. The average Bonchev–Trinajstić information content (AvgIpc) is 2.40. The lowest BCUT2D eigenvalue weighted by molar-refractivity contribution is 0.412. The summed E-state index contributed by atoms with van der Waals surface area (Å²) in [4.78, 5) is 2.49. The molecule has 1 aliphatic heterocycles. The Morgan fingerprint density at radius 2 is 1.94 bits per heavy atom. The molecular weight excluding hydrogens is 220 g/mol. The third-order valence-electron chi connectivity index (χ3n) is 3.89. The molecule has 0 atom stereocenters. The Morgan fingerprint density at radius 3 is 2.56 bits per heavy atom. The number of rotatable bonds is 3. The van der Waals surface area contributed by atoms with E-state index in [-0.39, 0.29) is 0 Å². The van der Waals surface area contributed by atoms with Crippen LogP contribution in [0.3, 0.4) is 0 Å². The number of nitriles is 1. The summed E-state index contributed by atoms with van der Waals surface area (Å²) < 4.78 is 0. The average molecular weight is 242 g/mol. The van der Waals surface area contributed by atoms with Crippen LogP contribution in [0.5, 0.6) is 0 Å². The van der Waals surface area contributed by atoms with Gasteiger partial charge in [-0.15, -0.1) is 0 Å². The molecular formula is C16H22N2. The van der Waals surface area contributed by atoms with Crippen molar-refractivity contribution in [2.75, 3.05) is 18.0 Å². The van der Waals surface area contributed by atoms with Gasteiger partial charge in [-0.2, -0.15) is 5.26 Å². The first-order valence-electron chi connectivity index (χ1n) is 6.93. The molecule has 96 valence electrons. The fourth-order valence-corrected chi connectivity index (χ4v) is 2.77. The van der Waals surface area contributed by atoms with E-state index in [0.717, 1.165) is 32.4 Å². The summed E-state index contributed by atoms with van der Waals surface area (Å²) in [7, 11) is 0. The molecule has 1 fully saturated rings. The van der Waals surface area contributed by atoms with E-state index >= 15 is 0 Å². The fraction of sp³-hybridized carbons (Fsp3) is 0.562. The molecule has 2 rings (SSSR count). The predicted octanol–water partition coefficient (Wildman–Crippen LogP) is 3.94. The van der Waals surface area contributed by atoms with Crippen molar-refractivity contribution in [1.82, 2.24) is 0 Å². The lowest BCUT2D eigenvalue weighted by Gasteiger charge is -2.34. The Hall–Kier alpha value is -1.49. The van der Waals surface area contributed by atoms with E-state index in [2.05, 4.69) is 49.1 Å². The van der Waals surface area contributed by atoms with Crippen molar-refractivity contribution in [3.63, 3.8) is 0 Å². The molecule has 18 heavy (non-hydrogen) atoms. The van der Waals surface area contributed by atoms with Crippen LogP contribution in [0, 0.1) is 17.2 Å². The van der Waals surface area contributed by atoms with Gasteiger partial charge < -0.3 is 4.90 Å². The van der Waals surface area contributed by atoms with Crippen molar-refractivity contribution in [1.29, 1.82) is 5.26 Å². The van der Waals surface area contributed by atoms with Crippen molar-refractivity contribution >= 4 is 5.69 Å². The van der Waals surface area contributed by atoms with E-state index < -0.39 is 0 Å². The quantitative estimate of drug-likeness (QED) is 0.802. The Bertz CT molecular complexity index is 423. The van der Waals surface area contributed by atoms with Crippen molar-refractivity contribution in [2.24, 2.45) is 5.92 Å². The first kappa shape index (κ1) is 13.0. The molecule has 2 nitrogen and oxygen atoms in total. The summed E-state index contributed by atoms with van der Waals surface area (Å²) in [6.45, 7) is 6.69. The molecule has 0 aliphatic carbocycles. The maximum atomic E-state index is 8.75. The van der Waals surface area contributed by atoms with Gasteiger partial charge in [0.2, 0.25) is 0 Å². The minimum absolute atomic E-state index is 0.568. The van der Waals surface area contributed by atoms with Gasteiger partial charge in [-0.1, -0.05) is 32.0 Å². The molecule has 0 unspecified atom stereocenters. The molecule has 0 saturated carbocycles. The molecule has 0 amide bonds. The Morgan fingerprint density at radius 1 is 1.28 bits per heavy atom. The summed E-state index contributed by atoms with van der Waals surface area (Å²) in [5.41, 5.74) is 2.83. The van der Waals surface area contributed by atoms with Crippen LogP contribution >= 0.6 is 0 Å². The van der Waals surface area contributed by atoms with Crippen LogP contribution < -0.4 is 4.90 Å². The van der Waals surface area contributed by atoms with Gasteiger partial charge in [0, 0.05) is 25.2 Å². The summed E-state index contributed by atoms with van der Waals surface area (Å²) in [5, 5.41) is 8.75. The van der Waals surface area contributed by atoms with E-state index in [1.54, 1.807) is 0 Å². The summed E-state index contributed by atoms with van der Waals surface area (Å²) in [6.07, 6.45) is 3.03. The van der Waals surface area contributed by atoms with E-state index in [4.69, 9.17) is 5.26 Å². The second kappa shape index (κ2) is 5.91. The topological polar surface area (TPSA) is 27.0 Å². The normalized spacial score (nSPS) is 16.9. The predicted molar refractivity (Wildman–Crippen MR) is 75.7 cm³/mol. The highest BCUT2D eigenvalue weighted by atomic mass is 15.1. The number of hydrogen-bond donors (Lipinski definition) is 0. The summed E-state index contributed by atoms with van der Waals surface area (Å²) in [5.74, 6) is 1.18.